The van der Waals surface area contributed by atoms with E-state index in [9.17, 15) is 28.3 Å². The number of amides is 1. The summed E-state index contributed by atoms with van der Waals surface area (Å²) in [7, 11) is 0. The first-order chi connectivity index (χ1) is 21.0. The van der Waals surface area contributed by atoms with Crippen molar-refractivity contribution in [1.82, 2.24) is 0 Å². The SMILES string of the molecule is CCOC(=O)C[C@@H](N)c1cccc(NC(=O)CC(C)c2cc(C(Nc3ccc(C#N)cc3)C(=O)O)ccc2OCC(F)F)c1. The molecule has 0 heterocycles. The molecule has 1 amide bonds. The second-order valence-corrected chi connectivity index (χ2v) is 10.00. The van der Waals surface area contributed by atoms with Crippen LogP contribution in [-0.2, 0) is 19.1 Å². The van der Waals surface area contributed by atoms with Crippen LogP contribution in [0.4, 0.5) is 20.2 Å². The summed E-state index contributed by atoms with van der Waals surface area (Å²) in [5.41, 5.74) is 8.72. The number of aliphatic carboxylic acids is 1. The molecule has 0 aliphatic rings. The number of alkyl halides is 2. The maximum absolute atomic E-state index is 13.0. The summed E-state index contributed by atoms with van der Waals surface area (Å²) in [4.78, 5) is 37.0. The highest BCUT2D eigenvalue weighted by Crippen LogP contribution is 2.33. The summed E-state index contributed by atoms with van der Waals surface area (Å²) in [6, 6.07) is 17.5. The van der Waals surface area contributed by atoms with E-state index in [2.05, 4.69) is 10.6 Å². The Labute approximate surface area is 253 Å². The fraction of sp³-hybridized carbons (Fsp3) is 0.312. The molecule has 0 aromatic heterocycles. The molecule has 0 radical (unpaired) electrons. The zero-order chi connectivity index (χ0) is 32.2. The number of nitrogens with zero attached hydrogens (tertiary/aromatic N) is 1. The zero-order valence-corrected chi connectivity index (χ0v) is 24.3. The Bertz CT molecular complexity index is 1490. The van der Waals surface area contributed by atoms with Gasteiger partial charge in [0.25, 0.3) is 6.43 Å². The van der Waals surface area contributed by atoms with Gasteiger partial charge in [0.05, 0.1) is 24.7 Å². The number of carbonyl (C=O) groups is 3. The van der Waals surface area contributed by atoms with Gasteiger partial charge >= 0.3 is 11.9 Å². The molecule has 0 fully saturated rings. The number of nitrogens with two attached hydrogens (primary N) is 1. The maximum Gasteiger partial charge on any atom is 0.330 e. The number of carbonyl (C=O) groups excluding carboxylic acids is 2. The topological polar surface area (TPSA) is 164 Å². The number of anilines is 2. The van der Waals surface area contributed by atoms with Crippen LogP contribution in [0, 0.1) is 11.3 Å². The summed E-state index contributed by atoms with van der Waals surface area (Å²) in [6.07, 6.45) is -2.86. The van der Waals surface area contributed by atoms with Crippen LogP contribution < -0.4 is 21.1 Å². The second kappa shape index (κ2) is 16.0. The molecule has 0 aliphatic heterocycles. The number of nitriles is 1. The van der Waals surface area contributed by atoms with Gasteiger partial charge in [-0.3, -0.25) is 9.59 Å². The second-order valence-electron chi connectivity index (χ2n) is 10.00. The van der Waals surface area contributed by atoms with E-state index in [-0.39, 0.29) is 25.2 Å². The van der Waals surface area contributed by atoms with Crippen molar-refractivity contribution in [1.29, 1.82) is 5.26 Å². The molecule has 3 atom stereocenters. The normalized spacial score (nSPS) is 12.8. The third-order valence-corrected chi connectivity index (χ3v) is 6.62. The third kappa shape index (κ3) is 9.78. The van der Waals surface area contributed by atoms with E-state index in [0.29, 0.717) is 33.6 Å². The van der Waals surface area contributed by atoms with Crippen molar-refractivity contribution >= 4 is 29.2 Å². The molecule has 3 aromatic carbocycles. The minimum absolute atomic E-state index is 0.0304. The minimum atomic E-state index is -2.74. The lowest BCUT2D eigenvalue weighted by atomic mass is 9.92. The number of esters is 1. The van der Waals surface area contributed by atoms with Gasteiger partial charge < -0.3 is 30.9 Å². The Morgan fingerprint density at radius 3 is 2.36 bits per heavy atom. The van der Waals surface area contributed by atoms with Gasteiger partial charge in [0, 0.05) is 23.8 Å². The van der Waals surface area contributed by atoms with Gasteiger partial charge in [-0.05, 0) is 78.1 Å². The minimum Gasteiger partial charge on any atom is -0.487 e. The van der Waals surface area contributed by atoms with E-state index in [0.717, 1.165) is 0 Å². The molecule has 0 saturated heterocycles. The summed E-state index contributed by atoms with van der Waals surface area (Å²) in [5, 5.41) is 24.7. The molecule has 12 heteroatoms. The zero-order valence-electron chi connectivity index (χ0n) is 24.3. The van der Waals surface area contributed by atoms with Gasteiger partial charge in [-0.15, -0.1) is 0 Å². The molecule has 44 heavy (non-hydrogen) atoms. The van der Waals surface area contributed by atoms with Gasteiger partial charge in [0.2, 0.25) is 5.91 Å². The van der Waals surface area contributed by atoms with Crippen LogP contribution in [0.3, 0.4) is 0 Å². The fourth-order valence-electron chi connectivity index (χ4n) is 4.48. The molecule has 0 aliphatic carbocycles. The molecular formula is C32H34F2N4O6. The van der Waals surface area contributed by atoms with Crippen LogP contribution in [0.5, 0.6) is 5.75 Å². The summed E-state index contributed by atoms with van der Waals surface area (Å²) in [5.74, 6) is -2.50. The van der Waals surface area contributed by atoms with Gasteiger partial charge in [0.15, 0.2) is 6.04 Å². The molecular weight excluding hydrogens is 574 g/mol. The average Bonchev–Trinajstić information content (AvgIpc) is 2.99. The van der Waals surface area contributed by atoms with Crippen LogP contribution in [-0.4, -0.2) is 42.6 Å². The molecule has 0 spiro atoms. The monoisotopic (exact) mass is 608 g/mol. The van der Waals surface area contributed by atoms with Crippen molar-refractivity contribution in [3.63, 3.8) is 0 Å². The van der Waals surface area contributed by atoms with E-state index >= 15 is 0 Å². The number of hydrogen-bond acceptors (Lipinski definition) is 8. The molecule has 5 N–H and O–H groups in total. The van der Waals surface area contributed by atoms with E-state index in [1.165, 1.54) is 18.2 Å². The molecule has 3 aromatic rings. The number of carboxylic acids is 1. The van der Waals surface area contributed by atoms with Crippen LogP contribution in [0.15, 0.2) is 66.7 Å². The summed E-state index contributed by atoms with van der Waals surface area (Å²) in [6.45, 7) is 2.76. The predicted octanol–water partition coefficient (Wildman–Crippen LogP) is 5.53. The Kier molecular flexibility index (Phi) is 12.2. The number of ether oxygens (including phenoxy) is 2. The number of hydrogen-bond donors (Lipinski definition) is 4. The largest absolute Gasteiger partial charge is 0.487 e. The van der Waals surface area contributed by atoms with Crippen LogP contribution in [0.25, 0.3) is 0 Å². The lowest BCUT2D eigenvalue weighted by Crippen LogP contribution is -2.21. The Morgan fingerprint density at radius 2 is 1.73 bits per heavy atom. The standard InChI is InChI=1S/C32H34F2N4O6/c1-3-43-30(40)16-26(36)21-5-4-6-24(14-21)37-29(39)13-19(2)25-15-22(9-12-27(25)44-18-28(33)34)31(32(41)42)38-23-10-7-20(17-35)8-11-23/h4-12,14-15,19,26,28,31,38H,3,13,16,18,36H2,1-2H3,(H,37,39)(H,41,42)/t19?,26-,31?/m1/s1. The summed E-state index contributed by atoms with van der Waals surface area (Å²) >= 11 is 0. The quantitative estimate of drug-likeness (QED) is 0.163. The van der Waals surface area contributed by atoms with Crippen molar-refractivity contribution in [2.45, 2.75) is 51.1 Å². The maximum atomic E-state index is 13.0. The first kappa shape index (κ1) is 33.5. The molecule has 0 bridgehead atoms. The van der Waals surface area contributed by atoms with E-state index in [1.807, 2.05) is 6.07 Å². The van der Waals surface area contributed by atoms with Gasteiger partial charge in [-0.1, -0.05) is 25.1 Å². The lowest BCUT2D eigenvalue weighted by Gasteiger charge is -2.21. The van der Waals surface area contributed by atoms with Gasteiger partial charge in [0.1, 0.15) is 12.4 Å². The van der Waals surface area contributed by atoms with E-state index in [4.69, 9.17) is 20.5 Å². The summed E-state index contributed by atoms with van der Waals surface area (Å²) < 4.78 is 36.2. The Balaban J connectivity index is 1.81. The number of nitrogens with one attached hydrogen (secondary N) is 2. The van der Waals surface area contributed by atoms with Crippen molar-refractivity contribution in [2.24, 2.45) is 5.73 Å². The smallest absolute Gasteiger partial charge is 0.330 e. The molecule has 10 nitrogen and oxygen atoms in total. The molecule has 0 saturated carbocycles. The van der Waals surface area contributed by atoms with Crippen molar-refractivity contribution < 1.29 is 37.7 Å². The van der Waals surface area contributed by atoms with Crippen LogP contribution in [0.1, 0.15) is 66.9 Å². The van der Waals surface area contributed by atoms with Crippen molar-refractivity contribution in [2.75, 3.05) is 23.8 Å². The predicted molar refractivity (Wildman–Crippen MR) is 159 cm³/mol. The number of carboxylic acid groups (broad SMARTS) is 1. The highest BCUT2D eigenvalue weighted by molar-refractivity contribution is 5.91. The number of benzene rings is 3. The van der Waals surface area contributed by atoms with Gasteiger partial charge in [-0.25, -0.2) is 13.6 Å². The third-order valence-electron chi connectivity index (χ3n) is 6.62. The number of halogens is 2. The fourth-order valence-corrected chi connectivity index (χ4v) is 4.48. The van der Waals surface area contributed by atoms with Crippen molar-refractivity contribution in [3.05, 3.63) is 89.0 Å². The first-order valence-electron chi connectivity index (χ1n) is 13.9. The van der Waals surface area contributed by atoms with E-state index < -0.39 is 48.9 Å². The molecule has 232 valence electrons. The number of rotatable bonds is 15. The Hall–Kier alpha value is -5.02. The Morgan fingerprint density at radius 1 is 1.00 bits per heavy atom. The van der Waals surface area contributed by atoms with Gasteiger partial charge in [-0.2, -0.15) is 5.26 Å². The molecule has 2 unspecified atom stereocenters. The van der Waals surface area contributed by atoms with Crippen molar-refractivity contribution in [3.8, 4) is 11.8 Å². The highest BCUT2D eigenvalue weighted by atomic mass is 19.3. The van der Waals surface area contributed by atoms with Crippen LogP contribution >= 0.6 is 0 Å². The highest BCUT2D eigenvalue weighted by Gasteiger charge is 2.24. The van der Waals surface area contributed by atoms with E-state index in [1.54, 1.807) is 62.4 Å². The average molecular weight is 609 g/mol. The first-order valence-corrected chi connectivity index (χ1v) is 13.9. The lowest BCUT2D eigenvalue weighted by molar-refractivity contribution is -0.143. The molecule has 3 rings (SSSR count). The van der Waals surface area contributed by atoms with Crippen LogP contribution in [0.2, 0.25) is 0 Å².